The molecule has 1 aliphatic heterocycles. The van der Waals surface area contributed by atoms with Crippen molar-refractivity contribution >= 4 is 70.8 Å². The molecule has 1 fully saturated rings. The molecule has 1 saturated heterocycles. The zero-order valence-electron chi connectivity index (χ0n) is 57.5. The first kappa shape index (κ1) is 78.6. The average molecular weight is 1230 g/mol. The van der Waals surface area contributed by atoms with E-state index in [0.717, 1.165) is 4.90 Å². The Bertz CT molecular complexity index is 2430. The molecule has 1 aliphatic rings. The van der Waals surface area contributed by atoms with Crippen LogP contribution in [0.5, 0.6) is 0 Å². The second kappa shape index (κ2) is 35.5. The molecule has 0 saturated carbocycles. The highest BCUT2D eigenvalue weighted by Gasteiger charge is 2.45. The zero-order valence-corrected chi connectivity index (χ0v) is 57.5. The lowest BCUT2D eigenvalue weighted by atomic mass is 9.84. The van der Waals surface area contributed by atoms with Crippen molar-refractivity contribution in [3.63, 3.8) is 0 Å². The molecule has 0 bridgehead atoms. The van der Waals surface area contributed by atoms with E-state index in [1.165, 1.54) is 106 Å². The van der Waals surface area contributed by atoms with Crippen molar-refractivity contribution in [3.05, 3.63) is 12.2 Å². The fourth-order valence-corrected chi connectivity index (χ4v) is 11.1. The number of amides is 11. The van der Waals surface area contributed by atoms with Crippen LogP contribution < -0.4 is 21.3 Å². The van der Waals surface area contributed by atoms with Crippen molar-refractivity contribution in [3.8, 4) is 0 Å². The Balaban J connectivity index is 4.35. The number of rotatable bonds is 16. The Morgan fingerprint density at radius 3 is 1.32 bits per heavy atom. The predicted molar refractivity (Wildman–Crippen MR) is 337 cm³/mol. The summed E-state index contributed by atoms with van der Waals surface area (Å²) in [6.07, 6.45) is 4.17. The highest BCUT2D eigenvalue weighted by molar-refractivity contribution is 5.99. The maximum atomic E-state index is 15.3. The Morgan fingerprint density at radius 1 is 0.460 bits per heavy atom. The van der Waals surface area contributed by atoms with Gasteiger partial charge in [-0.2, -0.15) is 0 Å². The van der Waals surface area contributed by atoms with E-state index in [1.807, 2.05) is 62.3 Å². The highest BCUT2D eigenvalue weighted by Crippen LogP contribution is 2.28. The zero-order chi connectivity index (χ0) is 67.6. The van der Waals surface area contributed by atoms with Gasteiger partial charge in [0.15, 0.2) is 5.78 Å². The van der Waals surface area contributed by atoms with E-state index < -0.39 is 150 Å². The topological polar surface area (TPSA) is 276 Å². The van der Waals surface area contributed by atoms with E-state index in [9.17, 15) is 43.2 Å². The quantitative estimate of drug-likeness (QED) is 0.159. The van der Waals surface area contributed by atoms with Crippen molar-refractivity contribution < 1.29 is 57.5 Å². The first-order valence-electron chi connectivity index (χ1n) is 31.3. The number of likely N-dealkylation sites (N-methyl/N-ethyl adjacent to an activating group) is 7. The monoisotopic (exact) mass is 1230 g/mol. The molecule has 12 atom stereocenters. The van der Waals surface area contributed by atoms with Gasteiger partial charge in [-0.05, 0) is 113 Å². The van der Waals surface area contributed by atoms with Crippen LogP contribution in [0.3, 0.4) is 0 Å². The summed E-state index contributed by atoms with van der Waals surface area (Å²) in [6.45, 7) is 31.1. The third-order valence-corrected chi connectivity index (χ3v) is 16.7. The minimum absolute atomic E-state index is 0.0656. The summed E-state index contributed by atoms with van der Waals surface area (Å²) in [5.74, 6) is -9.75. The van der Waals surface area contributed by atoms with E-state index >= 15 is 14.4 Å². The first-order chi connectivity index (χ1) is 40.1. The molecule has 0 aromatic rings. The van der Waals surface area contributed by atoms with E-state index in [-0.39, 0.29) is 67.5 Å². The van der Waals surface area contributed by atoms with Crippen molar-refractivity contribution in [2.45, 2.75) is 224 Å². The second-order valence-corrected chi connectivity index (χ2v) is 26.9. The number of nitrogens with zero attached hydrogens (tertiary/aromatic N) is 7. The molecule has 1 heterocycles. The summed E-state index contributed by atoms with van der Waals surface area (Å²) in [4.78, 5) is 182. The molecule has 0 aromatic carbocycles. The van der Waals surface area contributed by atoms with Crippen LogP contribution in [0.4, 0.5) is 0 Å². The van der Waals surface area contributed by atoms with Gasteiger partial charge < -0.3 is 55.6 Å². The van der Waals surface area contributed by atoms with Gasteiger partial charge >= 0.3 is 0 Å². The number of ketones is 1. The van der Waals surface area contributed by atoms with E-state index in [1.54, 1.807) is 47.6 Å². The molecule has 0 spiro atoms. The predicted octanol–water partition coefficient (Wildman–Crippen LogP) is 4.11. The van der Waals surface area contributed by atoms with E-state index in [2.05, 4.69) is 21.3 Å². The van der Waals surface area contributed by atoms with Crippen molar-refractivity contribution in [1.29, 1.82) is 0 Å². The fourth-order valence-electron chi connectivity index (χ4n) is 11.1. The minimum Gasteiger partial charge on any atom is -0.343 e. The second-order valence-electron chi connectivity index (χ2n) is 26.9. The molecular weight excluding hydrogens is 1110 g/mol. The first-order valence-corrected chi connectivity index (χ1v) is 31.3. The van der Waals surface area contributed by atoms with Gasteiger partial charge in [0, 0.05) is 49.3 Å². The molecule has 87 heavy (non-hydrogen) atoms. The number of nitrogens with one attached hydrogen (secondary N) is 4. The van der Waals surface area contributed by atoms with Crippen molar-refractivity contribution in [1.82, 2.24) is 55.6 Å². The molecule has 1 rings (SSSR count). The maximum Gasteiger partial charge on any atom is 0.246 e. The third kappa shape index (κ3) is 22.6. The van der Waals surface area contributed by atoms with Crippen LogP contribution in [-0.2, 0) is 57.5 Å². The number of hydrogen-bond donors (Lipinski definition) is 4. The summed E-state index contributed by atoms with van der Waals surface area (Å²) >= 11 is 0. The van der Waals surface area contributed by atoms with E-state index in [0.29, 0.717) is 6.42 Å². The van der Waals surface area contributed by atoms with Gasteiger partial charge in [-0.15, -0.1) is 0 Å². The summed E-state index contributed by atoms with van der Waals surface area (Å²) in [5, 5.41) is 11.1. The van der Waals surface area contributed by atoms with Gasteiger partial charge in [-0.25, -0.2) is 0 Å². The maximum absolute atomic E-state index is 15.3. The fraction of sp³-hybridized carbons (Fsp3) is 0.781. The molecule has 4 N–H and O–H groups in total. The lowest BCUT2D eigenvalue weighted by Gasteiger charge is -2.42. The minimum atomic E-state index is -1.26. The SMILES string of the molecule is CC[C@@H]1NC(=O)[C@H]([C@H](C)[C@H](C)C/C=C/C(C)=O)N(C)C(=O)[C@H](C(C)C)N(C)C(=O)[C@H](CC(C)C)N(C)C(=O)[C@H](CC(C)C)N(C)C(=O)[C@@H](C)NC(=O)[C@H](C)NC(=O)[C@H](CC(C)C)N(C)C(=O)[C@H](C(C)C)NC(=O)[C@H](CC(C)C)N(C)C(=O)CN(C)C1=O. The molecule has 496 valence electrons. The van der Waals surface area contributed by atoms with Crippen LogP contribution in [0.25, 0.3) is 0 Å². The smallest absolute Gasteiger partial charge is 0.246 e. The molecule has 23 heteroatoms. The molecule has 0 aliphatic carbocycles. The summed E-state index contributed by atoms with van der Waals surface area (Å²) in [6, 6.07) is -11.8. The van der Waals surface area contributed by atoms with Crippen LogP contribution in [0, 0.1) is 47.3 Å². The van der Waals surface area contributed by atoms with Gasteiger partial charge in [0.05, 0.1) is 6.54 Å². The Hall–Kier alpha value is -6.42. The van der Waals surface area contributed by atoms with Crippen LogP contribution in [-0.4, -0.2) is 221 Å². The van der Waals surface area contributed by atoms with Gasteiger partial charge in [-0.3, -0.25) is 57.5 Å². The number of carbonyl (C=O) groups excluding carboxylic acids is 12. The van der Waals surface area contributed by atoms with Gasteiger partial charge in [-0.1, -0.05) is 110 Å². The number of carbonyl (C=O) groups is 12. The number of hydrogen-bond acceptors (Lipinski definition) is 12. The molecule has 23 nitrogen and oxygen atoms in total. The Labute approximate surface area is 520 Å². The third-order valence-electron chi connectivity index (χ3n) is 16.7. The molecule has 11 amide bonds. The highest BCUT2D eigenvalue weighted by atomic mass is 16.2. The van der Waals surface area contributed by atoms with Crippen LogP contribution in [0.15, 0.2) is 12.2 Å². The largest absolute Gasteiger partial charge is 0.343 e. The van der Waals surface area contributed by atoms with Crippen LogP contribution in [0.1, 0.15) is 163 Å². The van der Waals surface area contributed by atoms with Crippen molar-refractivity contribution in [2.24, 2.45) is 47.3 Å². The summed E-state index contributed by atoms with van der Waals surface area (Å²) in [5.41, 5.74) is 0. The van der Waals surface area contributed by atoms with Crippen LogP contribution in [0.2, 0.25) is 0 Å². The molecule has 0 aromatic heterocycles. The lowest BCUT2D eigenvalue weighted by molar-refractivity contribution is -0.156. The summed E-state index contributed by atoms with van der Waals surface area (Å²) in [7, 11) is 10.1. The normalized spacial score (nSPS) is 26.5. The van der Waals surface area contributed by atoms with Crippen molar-refractivity contribution in [2.75, 3.05) is 55.9 Å². The lowest BCUT2D eigenvalue weighted by Crippen LogP contribution is -2.62. The Kier molecular flexibility index (Phi) is 32.1. The van der Waals surface area contributed by atoms with Crippen LogP contribution >= 0.6 is 0 Å². The number of allylic oxidation sites excluding steroid dienone is 2. The van der Waals surface area contributed by atoms with E-state index in [4.69, 9.17) is 0 Å². The molecular formula is C64H113N11O12. The van der Waals surface area contributed by atoms with Gasteiger partial charge in [0.2, 0.25) is 65.0 Å². The van der Waals surface area contributed by atoms with Gasteiger partial charge in [0.1, 0.15) is 60.4 Å². The standard InChI is InChI=1S/C64H113N11O12/c1-26-46-60(83)69(19)34-51(77)70(20)47(30-35(2)3)57(80)68-52(39(10)11)63(86)71(21)48(31-36(4)5)56(79)65-44(17)55(78)66-45(18)59(82)72(22)49(32-37(6)7)61(84)73(23)50(33-38(8)9)62(85)74(24)53(40(12)13)64(87)75(25)54(58(81)67-46)43(16)41(14)28-27-29-42(15)76/h27,29,35-41,43-50,52-54H,26,28,30-34H2,1-25H3,(H,65,79)(H,66,78)(H,67,81)(H,68,80)/b29-27+/t41-,43-,44+,45-,46+,47+,48+,49+,50+,52+,53+,54+/m1/s1. The van der Waals surface area contributed by atoms with Gasteiger partial charge in [0.25, 0.3) is 0 Å². The average Bonchev–Trinajstić information content (AvgIpc) is 1.19. The Morgan fingerprint density at radius 2 is 0.874 bits per heavy atom. The molecule has 0 radical (unpaired) electrons. The summed E-state index contributed by atoms with van der Waals surface area (Å²) < 4.78 is 0. The molecule has 0 unspecified atom stereocenters.